The van der Waals surface area contributed by atoms with Gasteiger partial charge in [-0.25, -0.2) is 0 Å². The third kappa shape index (κ3) is 2.64. The standard InChI is InChI=1S/C19H23N/c1-2-14-9-11-16(12-10-14)19(20)18-8-4-7-17(13-18)15-5-3-6-15/h4,7-13,15,19H,2-3,5-6,20H2,1H3. The zero-order valence-electron chi connectivity index (χ0n) is 12.2. The summed E-state index contributed by atoms with van der Waals surface area (Å²) in [7, 11) is 0. The second-order valence-corrected chi connectivity index (χ2v) is 5.87. The lowest BCUT2D eigenvalue weighted by atomic mass is 9.79. The normalized spacial score (nSPS) is 16.7. The topological polar surface area (TPSA) is 26.0 Å². The van der Waals surface area contributed by atoms with Gasteiger partial charge in [-0.05, 0) is 47.4 Å². The Morgan fingerprint density at radius 2 is 1.80 bits per heavy atom. The van der Waals surface area contributed by atoms with Gasteiger partial charge < -0.3 is 5.73 Å². The van der Waals surface area contributed by atoms with Crippen LogP contribution in [0, 0.1) is 0 Å². The maximum atomic E-state index is 6.44. The zero-order chi connectivity index (χ0) is 13.9. The summed E-state index contributed by atoms with van der Waals surface area (Å²) in [4.78, 5) is 0. The summed E-state index contributed by atoms with van der Waals surface area (Å²) < 4.78 is 0. The van der Waals surface area contributed by atoms with Crippen molar-refractivity contribution in [2.24, 2.45) is 5.73 Å². The van der Waals surface area contributed by atoms with Crippen molar-refractivity contribution >= 4 is 0 Å². The molecule has 1 unspecified atom stereocenters. The van der Waals surface area contributed by atoms with Gasteiger partial charge in [0.15, 0.2) is 0 Å². The molecule has 1 nitrogen and oxygen atoms in total. The fourth-order valence-electron chi connectivity index (χ4n) is 2.90. The van der Waals surface area contributed by atoms with Gasteiger partial charge in [0.2, 0.25) is 0 Å². The lowest BCUT2D eigenvalue weighted by molar-refractivity contribution is 0.419. The zero-order valence-corrected chi connectivity index (χ0v) is 12.2. The number of aryl methyl sites for hydroxylation is 1. The SMILES string of the molecule is CCc1ccc(C(N)c2cccc(C3CCC3)c2)cc1. The predicted molar refractivity (Wildman–Crippen MR) is 84.9 cm³/mol. The van der Waals surface area contributed by atoms with E-state index in [-0.39, 0.29) is 6.04 Å². The van der Waals surface area contributed by atoms with E-state index in [4.69, 9.17) is 5.73 Å². The highest BCUT2D eigenvalue weighted by Gasteiger charge is 2.20. The maximum absolute atomic E-state index is 6.44. The molecular weight excluding hydrogens is 242 g/mol. The first-order valence-corrected chi connectivity index (χ1v) is 7.72. The molecule has 2 aromatic carbocycles. The van der Waals surface area contributed by atoms with Crippen molar-refractivity contribution in [3.8, 4) is 0 Å². The highest BCUT2D eigenvalue weighted by molar-refractivity contribution is 5.36. The van der Waals surface area contributed by atoms with Crippen molar-refractivity contribution in [2.45, 2.75) is 44.6 Å². The highest BCUT2D eigenvalue weighted by atomic mass is 14.6. The number of nitrogens with two attached hydrogens (primary N) is 1. The Bertz CT molecular complexity index is 567. The van der Waals surface area contributed by atoms with E-state index in [1.165, 1.54) is 41.5 Å². The number of rotatable bonds is 4. The van der Waals surface area contributed by atoms with Crippen LogP contribution in [0.25, 0.3) is 0 Å². The Kier molecular flexibility index (Phi) is 3.88. The molecule has 1 aliphatic rings. The van der Waals surface area contributed by atoms with E-state index in [1.807, 2.05) is 0 Å². The summed E-state index contributed by atoms with van der Waals surface area (Å²) in [5.41, 5.74) is 11.7. The van der Waals surface area contributed by atoms with E-state index < -0.39 is 0 Å². The van der Waals surface area contributed by atoms with Crippen molar-refractivity contribution < 1.29 is 0 Å². The fourth-order valence-corrected chi connectivity index (χ4v) is 2.90. The van der Waals surface area contributed by atoms with Crippen LogP contribution in [-0.2, 0) is 6.42 Å². The van der Waals surface area contributed by atoms with E-state index in [0.29, 0.717) is 0 Å². The predicted octanol–water partition coefficient (Wildman–Crippen LogP) is 4.56. The molecule has 0 bridgehead atoms. The molecule has 2 N–H and O–H groups in total. The number of hydrogen-bond donors (Lipinski definition) is 1. The van der Waals surface area contributed by atoms with E-state index >= 15 is 0 Å². The Morgan fingerprint density at radius 1 is 1.05 bits per heavy atom. The Morgan fingerprint density at radius 3 is 2.40 bits per heavy atom. The van der Waals surface area contributed by atoms with Crippen molar-refractivity contribution in [3.05, 3.63) is 70.8 Å². The third-order valence-corrected chi connectivity index (χ3v) is 4.59. The molecule has 0 heterocycles. The van der Waals surface area contributed by atoms with Crippen LogP contribution in [0.3, 0.4) is 0 Å². The van der Waals surface area contributed by atoms with E-state index in [9.17, 15) is 0 Å². The largest absolute Gasteiger partial charge is 0.320 e. The monoisotopic (exact) mass is 265 g/mol. The van der Waals surface area contributed by atoms with Gasteiger partial charge in [-0.3, -0.25) is 0 Å². The van der Waals surface area contributed by atoms with Crippen LogP contribution >= 0.6 is 0 Å². The molecule has 1 fully saturated rings. The first-order valence-electron chi connectivity index (χ1n) is 7.72. The van der Waals surface area contributed by atoms with Crippen molar-refractivity contribution in [2.75, 3.05) is 0 Å². The molecule has 3 rings (SSSR count). The van der Waals surface area contributed by atoms with Gasteiger partial charge in [0, 0.05) is 0 Å². The van der Waals surface area contributed by atoms with Gasteiger partial charge in [0.1, 0.15) is 0 Å². The Balaban J connectivity index is 1.83. The summed E-state index contributed by atoms with van der Waals surface area (Å²) >= 11 is 0. The van der Waals surface area contributed by atoms with Gasteiger partial charge in [-0.1, -0.05) is 61.9 Å². The van der Waals surface area contributed by atoms with Crippen molar-refractivity contribution in [1.82, 2.24) is 0 Å². The summed E-state index contributed by atoms with van der Waals surface area (Å²) in [5.74, 6) is 0.768. The summed E-state index contributed by atoms with van der Waals surface area (Å²) in [5, 5.41) is 0. The summed E-state index contributed by atoms with van der Waals surface area (Å²) in [6, 6.07) is 17.6. The molecule has 0 aliphatic heterocycles. The average molecular weight is 265 g/mol. The van der Waals surface area contributed by atoms with Crippen LogP contribution in [0.1, 0.15) is 60.4 Å². The van der Waals surface area contributed by atoms with Crippen LogP contribution in [0.4, 0.5) is 0 Å². The molecule has 0 aromatic heterocycles. The molecule has 1 atom stereocenters. The van der Waals surface area contributed by atoms with Crippen LogP contribution in [0.2, 0.25) is 0 Å². The van der Waals surface area contributed by atoms with Gasteiger partial charge in [0.05, 0.1) is 6.04 Å². The maximum Gasteiger partial charge on any atom is 0.0551 e. The van der Waals surface area contributed by atoms with E-state index in [0.717, 1.165) is 12.3 Å². The number of benzene rings is 2. The van der Waals surface area contributed by atoms with Crippen LogP contribution < -0.4 is 5.73 Å². The van der Waals surface area contributed by atoms with Gasteiger partial charge in [0.25, 0.3) is 0 Å². The van der Waals surface area contributed by atoms with Gasteiger partial charge >= 0.3 is 0 Å². The number of hydrogen-bond acceptors (Lipinski definition) is 1. The molecule has 1 saturated carbocycles. The first-order chi connectivity index (χ1) is 9.78. The van der Waals surface area contributed by atoms with Gasteiger partial charge in [-0.15, -0.1) is 0 Å². The average Bonchev–Trinajstić information content (AvgIpc) is 2.45. The molecule has 20 heavy (non-hydrogen) atoms. The minimum absolute atomic E-state index is 0.0130. The quantitative estimate of drug-likeness (QED) is 0.861. The Labute approximate surface area is 121 Å². The molecule has 1 aliphatic carbocycles. The lowest BCUT2D eigenvalue weighted by Gasteiger charge is -2.26. The minimum atomic E-state index is -0.0130. The van der Waals surface area contributed by atoms with Crippen LogP contribution in [0.15, 0.2) is 48.5 Å². The second-order valence-electron chi connectivity index (χ2n) is 5.87. The van der Waals surface area contributed by atoms with Crippen molar-refractivity contribution in [3.63, 3.8) is 0 Å². The first kappa shape index (κ1) is 13.4. The molecule has 1 heteroatoms. The lowest BCUT2D eigenvalue weighted by Crippen LogP contribution is -2.14. The fraction of sp³-hybridized carbons (Fsp3) is 0.368. The molecule has 0 radical (unpaired) electrons. The van der Waals surface area contributed by atoms with Crippen LogP contribution in [-0.4, -0.2) is 0 Å². The Hall–Kier alpha value is -1.60. The molecular formula is C19H23N. The molecule has 0 saturated heterocycles. The summed E-state index contributed by atoms with van der Waals surface area (Å²) in [6.45, 7) is 2.18. The summed E-state index contributed by atoms with van der Waals surface area (Å²) in [6.07, 6.45) is 5.12. The van der Waals surface area contributed by atoms with E-state index in [2.05, 4.69) is 55.5 Å². The van der Waals surface area contributed by atoms with Crippen LogP contribution in [0.5, 0.6) is 0 Å². The second kappa shape index (κ2) is 5.80. The van der Waals surface area contributed by atoms with E-state index in [1.54, 1.807) is 0 Å². The third-order valence-electron chi connectivity index (χ3n) is 4.59. The highest BCUT2D eigenvalue weighted by Crippen LogP contribution is 2.37. The molecule has 2 aromatic rings. The van der Waals surface area contributed by atoms with Gasteiger partial charge in [-0.2, -0.15) is 0 Å². The smallest absolute Gasteiger partial charge is 0.0551 e. The van der Waals surface area contributed by atoms with Crippen molar-refractivity contribution in [1.29, 1.82) is 0 Å². The minimum Gasteiger partial charge on any atom is -0.320 e. The molecule has 0 amide bonds. The molecule has 0 spiro atoms. The molecule has 104 valence electrons.